The normalized spacial score (nSPS) is 10.6. The number of benzene rings is 1. The van der Waals surface area contributed by atoms with Gasteiger partial charge in [0, 0.05) is 0 Å². The maximum Gasteiger partial charge on any atom is 2.00 e. The summed E-state index contributed by atoms with van der Waals surface area (Å²) in [6, 6.07) is 10.1. The Hall–Kier alpha value is -0.547. The fraction of sp³-hybridized carbons (Fsp3) is 0.0909. The molecule has 0 aliphatic heterocycles. The van der Waals surface area contributed by atoms with E-state index in [1.165, 1.54) is 5.56 Å². The number of allylic oxidation sites excluding steroid dienone is 2. The van der Waals surface area contributed by atoms with E-state index >= 15 is 0 Å². The van der Waals surface area contributed by atoms with Gasteiger partial charge in [-0.3, -0.25) is 0 Å². The van der Waals surface area contributed by atoms with E-state index in [4.69, 9.17) is 0 Å². The molecule has 0 aliphatic carbocycles. The first-order chi connectivity index (χ1) is 5.34. The van der Waals surface area contributed by atoms with Gasteiger partial charge in [0.15, 0.2) is 0 Å². The van der Waals surface area contributed by atoms with Crippen LogP contribution >= 0.6 is 0 Å². The van der Waals surface area contributed by atoms with Crippen molar-refractivity contribution in [3.05, 3.63) is 55.8 Å². The molecule has 0 aromatic heterocycles. The van der Waals surface area contributed by atoms with E-state index in [1.54, 1.807) is 0 Å². The minimum absolute atomic E-state index is 0. The maximum atomic E-state index is 3.92. The average molecular weight is 247 g/mol. The van der Waals surface area contributed by atoms with Gasteiger partial charge in [0.2, 0.25) is 0 Å². The van der Waals surface area contributed by atoms with E-state index < -0.39 is 0 Å². The zero-order valence-corrected chi connectivity index (χ0v) is 8.56. The largest absolute Gasteiger partial charge is 2.00 e. The third kappa shape index (κ3) is 3.23. The molecule has 0 saturated carbocycles. The Morgan fingerprint density at radius 1 is 1.25 bits per heavy atom. The van der Waals surface area contributed by atoms with Crippen molar-refractivity contribution in [1.29, 1.82) is 0 Å². The van der Waals surface area contributed by atoms with Crippen LogP contribution in [0.2, 0.25) is 0 Å². The van der Waals surface area contributed by atoms with Gasteiger partial charge in [0.1, 0.15) is 0 Å². The summed E-state index contributed by atoms with van der Waals surface area (Å²) in [4.78, 5) is 0. The molecule has 1 aromatic carbocycles. The molecular formula is C11H12Rh. The van der Waals surface area contributed by atoms with Crippen molar-refractivity contribution in [3.63, 3.8) is 0 Å². The topological polar surface area (TPSA) is 0 Å². The summed E-state index contributed by atoms with van der Waals surface area (Å²) in [5, 5.41) is 0. The third-order valence-electron chi connectivity index (χ3n) is 1.54. The predicted octanol–water partition coefficient (Wildman–Crippen LogP) is 3.13. The maximum absolute atomic E-state index is 3.92. The molecule has 0 bridgehead atoms. The quantitative estimate of drug-likeness (QED) is 0.556. The zero-order valence-electron chi connectivity index (χ0n) is 6.92. The van der Waals surface area contributed by atoms with Gasteiger partial charge in [-0.05, 0) is 0 Å². The van der Waals surface area contributed by atoms with Crippen LogP contribution in [-0.2, 0) is 19.5 Å². The number of hydrogen-bond acceptors (Lipinski definition) is 0. The van der Waals surface area contributed by atoms with Gasteiger partial charge in [-0.15, -0.1) is 17.7 Å². The van der Waals surface area contributed by atoms with Crippen molar-refractivity contribution in [2.75, 3.05) is 0 Å². The summed E-state index contributed by atoms with van der Waals surface area (Å²) < 4.78 is 0. The Morgan fingerprint density at radius 2 is 1.83 bits per heavy atom. The van der Waals surface area contributed by atoms with Crippen LogP contribution < -0.4 is 0 Å². The van der Waals surface area contributed by atoms with Crippen molar-refractivity contribution >= 4 is 5.57 Å². The second-order valence-corrected chi connectivity index (χ2v) is 2.38. The molecule has 0 atom stereocenters. The molecule has 65 valence electrons. The van der Waals surface area contributed by atoms with Crippen LogP contribution in [0.4, 0.5) is 0 Å². The molecule has 0 nitrogen and oxygen atoms in total. The summed E-state index contributed by atoms with van der Waals surface area (Å²) >= 11 is 0. The van der Waals surface area contributed by atoms with Crippen molar-refractivity contribution in [2.45, 2.75) is 6.42 Å². The van der Waals surface area contributed by atoms with Crippen LogP contribution in [-0.4, -0.2) is 0 Å². The van der Waals surface area contributed by atoms with Crippen LogP contribution in [0.15, 0.2) is 36.4 Å². The van der Waals surface area contributed by atoms with Crippen molar-refractivity contribution in [3.8, 4) is 0 Å². The first kappa shape index (κ1) is 11.5. The summed E-state index contributed by atoms with van der Waals surface area (Å²) in [6.45, 7) is 7.65. The van der Waals surface area contributed by atoms with Gasteiger partial charge < -0.3 is 6.92 Å². The van der Waals surface area contributed by atoms with Crippen molar-refractivity contribution < 1.29 is 19.5 Å². The molecule has 1 radical (unpaired) electrons. The second kappa shape index (κ2) is 6.02. The minimum Gasteiger partial charge on any atom is -0.351 e. The predicted molar refractivity (Wildman–Crippen MR) is 49.8 cm³/mol. The van der Waals surface area contributed by atoms with Gasteiger partial charge in [0.05, 0.1) is 0 Å². The van der Waals surface area contributed by atoms with Crippen molar-refractivity contribution in [2.24, 2.45) is 0 Å². The summed E-state index contributed by atoms with van der Waals surface area (Å²) in [5.74, 6) is 0. The smallest absolute Gasteiger partial charge is 0.351 e. The van der Waals surface area contributed by atoms with Crippen LogP contribution in [0.3, 0.4) is 0 Å². The number of hydrogen-bond donors (Lipinski definition) is 0. The molecule has 1 heteroatoms. The Bertz CT molecular complexity index is 236. The van der Waals surface area contributed by atoms with Gasteiger partial charge in [-0.25, -0.2) is 12.5 Å². The minimum atomic E-state index is 0. The third-order valence-corrected chi connectivity index (χ3v) is 1.54. The molecule has 0 fully saturated rings. The Balaban J connectivity index is 0.00000121. The Morgan fingerprint density at radius 3 is 2.33 bits per heavy atom. The first-order valence-electron chi connectivity index (χ1n) is 3.71. The summed E-state index contributed by atoms with van der Waals surface area (Å²) in [6.07, 6.45) is 2.82. The Labute approximate surface area is 87.4 Å². The summed E-state index contributed by atoms with van der Waals surface area (Å²) in [7, 11) is 0. The van der Waals surface area contributed by atoms with E-state index in [0.717, 1.165) is 12.0 Å². The van der Waals surface area contributed by atoms with Crippen molar-refractivity contribution in [1.82, 2.24) is 0 Å². The van der Waals surface area contributed by atoms with E-state index in [2.05, 4.69) is 26.0 Å². The van der Waals surface area contributed by atoms with E-state index in [0.29, 0.717) is 0 Å². The van der Waals surface area contributed by atoms with Crippen LogP contribution in [0, 0.1) is 13.8 Å². The zero-order chi connectivity index (χ0) is 8.10. The molecule has 0 spiro atoms. The van der Waals surface area contributed by atoms with Gasteiger partial charge in [-0.2, -0.15) is 12.5 Å². The molecule has 1 aromatic rings. The second-order valence-electron chi connectivity index (χ2n) is 2.38. The van der Waals surface area contributed by atoms with Gasteiger partial charge >= 0.3 is 19.5 Å². The van der Waals surface area contributed by atoms with Gasteiger partial charge in [0.25, 0.3) is 0 Å². The fourth-order valence-corrected chi connectivity index (χ4v) is 0.944. The molecule has 1 rings (SSSR count). The molecule has 0 N–H and O–H groups in total. The monoisotopic (exact) mass is 247 g/mol. The van der Waals surface area contributed by atoms with E-state index in [-0.39, 0.29) is 19.5 Å². The van der Waals surface area contributed by atoms with Gasteiger partial charge in [-0.1, -0.05) is 18.2 Å². The number of rotatable bonds is 2. The molecule has 0 unspecified atom stereocenters. The molecule has 0 heterocycles. The van der Waals surface area contributed by atoms with Crippen LogP contribution in [0.5, 0.6) is 0 Å². The molecule has 12 heavy (non-hydrogen) atoms. The average Bonchev–Trinajstić information content (AvgIpc) is 2.07. The SMILES string of the molecule is [CH2-]C/C=C(\[CH2-])c1ccccc1.[Rh+2]. The Kier molecular flexibility index (Phi) is 5.75. The van der Waals surface area contributed by atoms with E-state index in [1.807, 2.05) is 24.3 Å². The molecule has 0 amide bonds. The molecule has 0 saturated heterocycles. The van der Waals surface area contributed by atoms with Crippen LogP contribution in [0.1, 0.15) is 12.0 Å². The first-order valence-corrected chi connectivity index (χ1v) is 3.71. The standard InChI is InChI=1S/C11H12.Rh/c1-3-7-10(2)11-8-5-4-6-9-11;/h4-9H,1-3H2;/q-2;+2/b10-7+;. The van der Waals surface area contributed by atoms with Crippen LogP contribution in [0.25, 0.3) is 5.57 Å². The fourth-order valence-electron chi connectivity index (χ4n) is 0.944. The molecular weight excluding hydrogens is 235 g/mol. The van der Waals surface area contributed by atoms with E-state index in [9.17, 15) is 0 Å². The molecule has 0 aliphatic rings. The summed E-state index contributed by atoms with van der Waals surface area (Å²) in [5.41, 5.74) is 2.23.